The van der Waals surface area contributed by atoms with Crippen LogP contribution in [0.4, 0.5) is 5.69 Å². The summed E-state index contributed by atoms with van der Waals surface area (Å²) in [7, 11) is 0. The van der Waals surface area contributed by atoms with Gasteiger partial charge in [-0.3, -0.25) is 14.5 Å². The standard InChI is InChI=1S/C20H21Cl2N3O2/c21-16-5-3-6-17(22)15(16)12-25-10-8-13(9-11-25)20(27)24-18-7-2-1-4-14(18)19(23)26/h1-7,13H,8-12H2,(H2,23,26)(H,24,27). The van der Waals surface area contributed by atoms with Crippen molar-refractivity contribution in [3.05, 3.63) is 63.6 Å². The van der Waals surface area contributed by atoms with Crippen LogP contribution in [0.5, 0.6) is 0 Å². The molecule has 27 heavy (non-hydrogen) atoms. The van der Waals surface area contributed by atoms with E-state index in [9.17, 15) is 9.59 Å². The largest absolute Gasteiger partial charge is 0.366 e. The first kappa shape index (κ1) is 19.7. The third-order valence-electron chi connectivity index (χ3n) is 4.85. The zero-order valence-electron chi connectivity index (χ0n) is 14.8. The number of nitrogens with zero attached hydrogens (tertiary/aromatic N) is 1. The van der Waals surface area contributed by atoms with Crippen LogP contribution < -0.4 is 11.1 Å². The number of piperidine rings is 1. The summed E-state index contributed by atoms with van der Waals surface area (Å²) in [6.45, 7) is 2.21. The number of anilines is 1. The molecule has 1 aliphatic heterocycles. The van der Waals surface area contributed by atoms with E-state index in [1.165, 1.54) is 0 Å². The van der Waals surface area contributed by atoms with Crippen LogP contribution in [0, 0.1) is 5.92 Å². The van der Waals surface area contributed by atoms with E-state index in [0.29, 0.717) is 27.8 Å². The molecule has 7 heteroatoms. The van der Waals surface area contributed by atoms with E-state index in [4.69, 9.17) is 28.9 Å². The number of nitrogens with two attached hydrogens (primary N) is 1. The number of benzene rings is 2. The second kappa shape index (κ2) is 8.74. The fourth-order valence-electron chi connectivity index (χ4n) is 3.30. The van der Waals surface area contributed by atoms with Gasteiger partial charge in [-0.15, -0.1) is 0 Å². The van der Waals surface area contributed by atoms with Crippen LogP contribution >= 0.6 is 23.2 Å². The van der Waals surface area contributed by atoms with Crippen LogP contribution in [0.15, 0.2) is 42.5 Å². The topological polar surface area (TPSA) is 75.4 Å². The van der Waals surface area contributed by atoms with Crippen LogP contribution in [-0.2, 0) is 11.3 Å². The molecule has 2 aromatic rings. The summed E-state index contributed by atoms with van der Waals surface area (Å²) < 4.78 is 0. The lowest BCUT2D eigenvalue weighted by molar-refractivity contribution is -0.121. The van der Waals surface area contributed by atoms with Crippen molar-refractivity contribution in [2.45, 2.75) is 19.4 Å². The third kappa shape index (κ3) is 4.80. The minimum absolute atomic E-state index is 0.0841. The van der Waals surface area contributed by atoms with Crippen molar-refractivity contribution in [2.75, 3.05) is 18.4 Å². The molecule has 2 aromatic carbocycles. The lowest BCUT2D eigenvalue weighted by atomic mass is 9.95. The number of hydrogen-bond acceptors (Lipinski definition) is 3. The monoisotopic (exact) mass is 405 g/mol. The van der Waals surface area contributed by atoms with Crippen LogP contribution in [0.3, 0.4) is 0 Å². The Morgan fingerprint density at radius 2 is 1.67 bits per heavy atom. The predicted octanol–water partition coefficient (Wildman–Crippen LogP) is 3.94. The van der Waals surface area contributed by atoms with Crippen molar-refractivity contribution in [3.8, 4) is 0 Å². The van der Waals surface area contributed by atoms with E-state index in [1.807, 2.05) is 18.2 Å². The summed E-state index contributed by atoms with van der Waals surface area (Å²) in [6, 6.07) is 12.3. The van der Waals surface area contributed by atoms with Crippen molar-refractivity contribution < 1.29 is 9.59 Å². The van der Waals surface area contributed by atoms with Crippen LogP contribution in [-0.4, -0.2) is 29.8 Å². The second-order valence-corrected chi connectivity index (χ2v) is 7.46. The first-order chi connectivity index (χ1) is 13.0. The lowest BCUT2D eigenvalue weighted by Gasteiger charge is -2.31. The molecule has 3 N–H and O–H groups in total. The first-order valence-electron chi connectivity index (χ1n) is 8.80. The maximum atomic E-state index is 12.6. The van der Waals surface area contributed by atoms with E-state index >= 15 is 0 Å². The predicted molar refractivity (Wildman–Crippen MR) is 108 cm³/mol. The number of primary amides is 1. The Hall–Kier alpha value is -2.08. The number of para-hydroxylation sites is 1. The molecule has 5 nitrogen and oxygen atoms in total. The molecule has 1 aliphatic rings. The minimum Gasteiger partial charge on any atom is -0.366 e. The number of likely N-dealkylation sites (tertiary alicyclic amines) is 1. The Balaban J connectivity index is 1.58. The van der Waals surface area contributed by atoms with Crippen molar-refractivity contribution in [1.82, 2.24) is 4.90 Å². The van der Waals surface area contributed by atoms with E-state index in [2.05, 4.69) is 10.2 Å². The molecular weight excluding hydrogens is 385 g/mol. The molecular formula is C20H21Cl2N3O2. The molecule has 1 saturated heterocycles. The Morgan fingerprint density at radius 1 is 1.04 bits per heavy atom. The van der Waals surface area contributed by atoms with E-state index < -0.39 is 5.91 Å². The SMILES string of the molecule is NC(=O)c1ccccc1NC(=O)C1CCN(Cc2c(Cl)cccc2Cl)CC1. The van der Waals surface area contributed by atoms with E-state index in [1.54, 1.807) is 24.3 Å². The Bertz CT molecular complexity index is 829. The zero-order valence-corrected chi connectivity index (χ0v) is 16.3. The lowest BCUT2D eigenvalue weighted by Crippen LogP contribution is -2.38. The maximum absolute atomic E-state index is 12.6. The number of halogens is 2. The third-order valence-corrected chi connectivity index (χ3v) is 5.56. The van der Waals surface area contributed by atoms with Crippen molar-refractivity contribution in [1.29, 1.82) is 0 Å². The summed E-state index contributed by atoms with van der Waals surface area (Å²) in [4.78, 5) is 26.3. The molecule has 0 radical (unpaired) electrons. The van der Waals surface area contributed by atoms with Crippen molar-refractivity contribution in [2.24, 2.45) is 11.7 Å². The molecule has 3 rings (SSSR count). The number of rotatable bonds is 5. The van der Waals surface area contributed by atoms with Gasteiger partial charge >= 0.3 is 0 Å². The van der Waals surface area contributed by atoms with Crippen LogP contribution in [0.2, 0.25) is 10.0 Å². The van der Waals surface area contributed by atoms with Crippen molar-refractivity contribution >= 4 is 40.7 Å². The second-order valence-electron chi connectivity index (χ2n) is 6.65. The molecule has 1 heterocycles. The Labute approximate surface area is 168 Å². The fourth-order valence-corrected chi connectivity index (χ4v) is 3.82. The molecule has 1 fully saturated rings. The van der Waals surface area contributed by atoms with Gasteiger partial charge in [-0.25, -0.2) is 0 Å². The number of carbonyl (C=O) groups is 2. The summed E-state index contributed by atoms with van der Waals surface area (Å²) in [5.41, 5.74) is 7.06. The highest BCUT2D eigenvalue weighted by molar-refractivity contribution is 6.35. The average Bonchev–Trinajstić information content (AvgIpc) is 2.65. The highest BCUT2D eigenvalue weighted by atomic mass is 35.5. The molecule has 0 unspecified atom stereocenters. The molecule has 0 atom stereocenters. The molecule has 0 bridgehead atoms. The highest BCUT2D eigenvalue weighted by Gasteiger charge is 2.26. The van der Waals surface area contributed by atoms with Gasteiger partial charge in [-0.05, 0) is 50.2 Å². The van der Waals surface area contributed by atoms with E-state index in [-0.39, 0.29) is 11.8 Å². The molecule has 0 saturated carbocycles. The smallest absolute Gasteiger partial charge is 0.250 e. The number of amides is 2. The van der Waals surface area contributed by atoms with Crippen molar-refractivity contribution in [3.63, 3.8) is 0 Å². The zero-order chi connectivity index (χ0) is 19.4. The summed E-state index contributed by atoms with van der Waals surface area (Å²) in [5, 5.41) is 4.16. The van der Waals surface area contributed by atoms with Gasteiger partial charge in [-0.1, -0.05) is 41.4 Å². The Morgan fingerprint density at radius 3 is 2.30 bits per heavy atom. The molecule has 142 valence electrons. The summed E-state index contributed by atoms with van der Waals surface area (Å²) >= 11 is 12.5. The fraction of sp³-hybridized carbons (Fsp3) is 0.300. The number of carbonyl (C=O) groups excluding carboxylic acids is 2. The summed E-state index contributed by atoms with van der Waals surface area (Å²) in [6.07, 6.45) is 1.46. The molecule has 0 aromatic heterocycles. The van der Waals surface area contributed by atoms with Gasteiger partial charge in [0.15, 0.2) is 0 Å². The minimum atomic E-state index is -0.558. The van der Waals surface area contributed by atoms with Gasteiger partial charge in [0.25, 0.3) is 5.91 Å². The molecule has 0 spiro atoms. The number of nitrogens with one attached hydrogen (secondary N) is 1. The van der Waals surface area contributed by atoms with Gasteiger partial charge in [0, 0.05) is 28.1 Å². The first-order valence-corrected chi connectivity index (χ1v) is 9.56. The number of hydrogen-bond donors (Lipinski definition) is 2. The average molecular weight is 406 g/mol. The van der Waals surface area contributed by atoms with Gasteiger partial charge in [-0.2, -0.15) is 0 Å². The van der Waals surface area contributed by atoms with E-state index in [0.717, 1.165) is 31.5 Å². The van der Waals surface area contributed by atoms with Gasteiger partial charge < -0.3 is 11.1 Å². The van der Waals surface area contributed by atoms with Gasteiger partial charge in [0.1, 0.15) is 0 Å². The molecule has 0 aliphatic carbocycles. The maximum Gasteiger partial charge on any atom is 0.250 e. The van der Waals surface area contributed by atoms with Gasteiger partial charge in [0.05, 0.1) is 11.3 Å². The molecule has 2 amide bonds. The normalized spacial score (nSPS) is 15.5. The van der Waals surface area contributed by atoms with Crippen LogP contribution in [0.1, 0.15) is 28.8 Å². The summed E-state index contributed by atoms with van der Waals surface area (Å²) in [5.74, 6) is -0.750. The Kier molecular flexibility index (Phi) is 6.37. The van der Waals surface area contributed by atoms with Gasteiger partial charge in [0.2, 0.25) is 5.91 Å². The highest BCUT2D eigenvalue weighted by Crippen LogP contribution is 2.28. The van der Waals surface area contributed by atoms with Crippen LogP contribution in [0.25, 0.3) is 0 Å². The quantitative estimate of drug-likeness (QED) is 0.790.